The molecule has 0 aliphatic carbocycles. The second-order valence-corrected chi connectivity index (χ2v) is 9.49. The second-order valence-electron chi connectivity index (χ2n) is 6.77. The molecule has 158 valence electrons. The van der Waals surface area contributed by atoms with Gasteiger partial charge in [-0.25, -0.2) is 8.42 Å². The van der Waals surface area contributed by atoms with Gasteiger partial charge in [0.1, 0.15) is 0 Å². The van der Waals surface area contributed by atoms with E-state index in [0.29, 0.717) is 45.0 Å². The van der Waals surface area contributed by atoms with Crippen molar-refractivity contribution in [3.63, 3.8) is 0 Å². The summed E-state index contributed by atoms with van der Waals surface area (Å²) in [5.41, 5.74) is 2.39. The van der Waals surface area contributed by atoms with Gasteiger partial charge in [-0.3, -0.25) is 9.48 Å². The highest BCUT2D eigenvalue weighted by atomic mass is 32.2. The van der Waals surface area contributed by atoms with Gasteiger partial charge < -0.3 is 10.1 Å². The van der Waals surface area contributed by atoms with Crippen molar-refractivity contribution in [3.8, 4) is 11.3 Å². The Morgan fingerprint density at radius 2 is 1.90 bits per heavy atom. The van der Waals surface area contributed by atoms with Crippen LogP contribution in [0.25, 0.3) is 11.3 Å². The third kappa shape index (κ3) is 4.62. The molecule has 0 spiro atoms. The molecule has 1 aliphatic heterocycles. The van der Waals surface area contributed by atoms with Crippen molar-refractivity contribution in [2.24, 2.45) is 0 Å². The van der Waals surface area contributed by atoms with Gasteiger partial charge in [-0.1, -0.05) is 0 Å². The Labute approximate surface area is 179 Å². The molecule has 30 heavy (non-hydrogen) atoms. The summed E-state index contributed by atoms with van der Waals surface area (Å²) in [5, 5.41) is 11.4. The third-order valence-electron chi connectivity index (χ3n) is 4.81. The molecule has 0 unspecified atom stereocenters. The van der Waals surface area contributed by atoms with Crippen LogP contribution in [0, 0.1) is 0 Å². The first kappa shape index (κ1) is 20.7. The van der Waals surface area contributed by atoms with Crippen molar-refractivity contribution < 1.29 is 17.9 Å². The van der Waals surface area contributed by atoms with E-state index < -0.39 is 10.0 Å². The molecule has 4 rings (SSSR count). The zero-order valence-corrected chi connectivity index (χ0v) is 17.9. The number of ether oxygens (including phenoxy) is 1. The highest BCUT2D eigenvalue weighted by Gasteiger charge is 2.26. The van der Waals surface area contributed by atoms with Gasteiger partial charge in [0, 0.05) is 42.3 Å². The number of nitrogens with zero attached hydrogens (tertiary/aromatic N) is 3. The van der Waals surface area contributed by atoms with Crippen LogP contribution in [0.4, 0.5) is 0 Å². The summed E-state index contributed by atoms with van der Waals surface area (Å²) in [4.78, 5) is 12.6. The SMILES string of the molecule is O=C(NCCn1ccc(-c2ccsc2)n1)c1ccc(S(=O)(=O)N2CCOCC2)cc1. The van der Waals surface area contributed by atoms with E-state index in [0.717, 1.165) is 11.3 Å². The van der Waals surface area contributed by atoms with E-state index in [1.54, 1.807) is 16.0 Å². The molecule has 0 radical (unpaired) electrons. The van der Waals surface area contributed by atoms with Crippen molar-refractivity contribution >= 4 is 27.3 Å². The van der Waals surface area contributed by atoms with Crippen LogP contribution in [0.3, 0.4) is 0 Å². The highest BCUT2D eigenvalue weighted by molar-refractivity contribution is 7.89. The number of carbonyl (C=O) groups is 1. The van der Waals surface area contributed by atoms with Crippen molar-refractivity contribution in [1.29, 1.82) is 0 Å². The molecular weight excluding hydrogens is 424 g/mol. The van der Waals surface area contributed by atoms with Crippen molar-refractivity contribution in [1.82, 2.24) is 19.4 Å². The van der Waals surface area contributed by atoms with Gasteiger partial charge in [0.05, 0.1) is 30.3 Å². The maximum absolute atomic E-state index is 12.6. The van der Waals surface area contributed by atoms with E-state index in [2.05, 4.69) is 10.4 Å². The first-order valence-corrected chi connectivity index (χ1v) is 11.9. The van der Waals surface area contributed by atoms with Crippen molar-refractivity contribution in [3.05, 3.63) is 58.9 Å². The predicted molar refractivity (Wildman–Crippen MR) is 114 cm³/mol. The molecule has 3 aromatic rings. The molecule has 0 bridgehead atoms. The fraction of sp³-hybridized carbons (Fsp3) is 0.300. The van der Waals surface area contributed by atoms with Gasteiger partial charge in [0.25, 0.3) is 5.91 Å². The number of morpholine rings is 1. The molecule has 8 nitrogen and oxygen atoms in total. The normalized spacial score (nSPS) is 15.2. The fourth-order valence-electron chi connectivity index (χ4n) is 3.15. The number of rotatable bonds is 7. The van der Waals surface area contributed by atoms with E-state index in [4.69, 9.17) is 4.74 Å². The summed E-state index contributed by atoms with van der Waals surface area (Å²) in [6.07, 6.45) is 1.88. The minimum absolute atomic E-state index is 0.179. The van der Waals surface area contributed by atoms with Crippen LogP contribution in [-0.2, 0) is 21.3 Å². The van der Waals surface area contributed by atoms with Crippen molar-refractivity contribution in [2.45, 2.75) is 11.4 Å². The first-order valence-electron chi connectivity index (χ1n) is 9.56. The van der Waals surface area contributed by atoms with E-state index >= 15 is 0 Å². The summed E-state index contributed by atoms with van der Waals surface area (Å²) < 4.78 is 33.7. The lowest BCUT2D eigenvalue weighted by atomic mass is 10.2. The monoisotopic (exact) mass is 446 g/mol. The molecule has 3 heterocycles. The number of aromatic nitrogens is 2. The number of carbonyl (C=O) groups excluding carboxylic acids is 1. The molecule has 1 amide bonds. The standard InChI is InChI=1S/C20H22N4O4S2/c25-20(21-7-9-23-8-5-19(22-23)17-6-14-29-15-17)16-1-3-18(4-2-16)30(26,27)24-10-12-28-13-11-24/h1-6,8,14-15H,7,9-13H2,(H,21,25). The van der Waals surface area contributed by atoms with Crippen LogP contribution < -0.4 is 5.32 Å². The minimum atomic E-state index is -3.56. The topological polar surface area (TPSA) is 93.5 Å². The Kier molecular flexibility index (Phi) is 6.28. The molecular formula is C20H22N4O4S2. The lowest BCUT2D eigenvalue weighted by Crippen LogP contribution is -2.40. The molecule has 1 N–H and O–H groups in total. The van der Waals surface area contributed by atoms with Crippen molar-refractivity contribution in [2.75, 3.05) is 32.8 Å². The largest absolute Gasteiger partial charge is 0.379 e. The minimum Gasteiger partial charge on any atom is -0.379 e. The number of hydrogen-bond acceptors (Lipinski definition) is 6. The van der Waals surface area contributed by atoms with Crippen LogP contribution >= 0.6 is 11.3 Å². The van der Waals surface area contributed by atoms with Crippen LogP contribution in [0.15, 0.2) is 58.3 Å². The Hall–Kier alpha value is -2.53. The Morgan fingerprint density at radius 1 is 1.13 bits per heavy atom. The Morgan fingerprint density at radius 3 is 2.60 bits per heavy atom. The quantitative estimate of drug-likeness (QED) is 0.600. The van der Waals surface area contributed by atoms with Crippen LogP contribution in [0.2, 0.25) is 0 Å². The molecule has 0 atom stereocenters. The van der Waals surface area contributed by atoms with Crippen LogP contribution in [0.5, 0.6) is 0 Å². The summed E-state index contributed by atoms with van der Waals surface area (Å²) >= 11 is 1.62. The number of amides is 1. The maximum Gasteiger partial charge on any atom is 0.251 e. The number of sulfonamides is 1. The average molecular weight is 447 g/mol. The molecule has 10 heteroatoms. The number of benzene rings is 1. The molecule has 1 fully saturated rings. The Bertz CT molecular complexity index is 1090. The van der Waals surface area contributed by atoms with Gasteiger partial charge in [0.2, 0.25) is 10.0 Å². The predicted octanol–water partition coefficient (Wildman–Crippen LogP) is 2.06. The molecule has 1 saturated heterocycles. The average Bonchev–Trinajstić information content (AvgIpc) is 3.46. The zero-order valence-electron chi connectivity index (χ0n) is 16.2. The Balaban J connectivity index is 1.32. The zero-order chi connectivity index (χ0) is 21.0. The summed E-state index contributed by atoms with van der Waals surface area (Å²) in [5.74, 6) is -0.254. The van der Waals surface area contributed by atoms with Gasteiger partial charge >= 0.3 is 0 Å². The number of thiophene rings is 1. The van der Waals surface area contributed by atoms with E-state index in [1.807, 2.05) is 29.1 Å². The van der Waals surface area contributed by atoms with E-state index in [9.17, 15) is 13.2 Å². The van der Waals surface area contributed by atoms with Gasteiger partial charge in [-0.15, -0.1) is 0 Å². The summed E-state index contributed by atoms with van der Waals surface area (Å²) in [7, 11) is -3.56. The summed E-state index contributed by atoms with van der Waals surface area (Å²) in [6.45, 7) is 2.42. The lowest BCUT2D eigenvalue weighted by molar-refractivity contribution is 0.0730. The first-order chi connectivity index (χ1) is 14.5. The molecule has 1 aliphatic rings. The van der Waals surface area contributed by atoms with E-state index in [1.165, 1.54) is 28.6 Å². The van der Waals surface area contributed by atoms with E-state index in [-0.39, 0.29) is 10.8 Å². The molecule has 0 saturated carbocycles. The number of nitrogens with one attached hydrogen (secondary N) is 1. The van der Waals surface area contributed by atoms with Crippen LogP contribution in [-0.4, -0.2) is 61.3 Å². The second kappa shape index (κ2) is 9.09. The maximum atomic E-state index is 12.6. The van der Waals surface area contributed by atoms with Gasteiger partial charge in [0.15, 0.2) is 0 Å². The van der Waals surface area contributed by atoms with Gasteiger partial charge in [-0.2, -0.15) is 20.7 Å². The summed E-state index contributed by atoms with van der Waals surface area (Å²) in [6, 6.07) is 9.97. The number of hydrogen-bond donors (Lipinski definition) is 1. The smallest absolute Gasteiger partial charge is 0.251 e. The molecule has 2 aromatic heterocycles. The van der Waals surface area contributed by atoms with Crippen LogP contribution in [0.1, 0.15) is 10.4 Å². The fourth-order valence-corrected chi connectivity index (χ4v) is 5.21. The highest BCUT2D eigenvalue weighted by Crippen LogP contribution is 2.20. The third-order valence-corrected chi connectivity index (χ3v) is 7.40. The van der Waals surface area contributed by atoms with Gasteiger partial charge in [-0.05, 0) is 41.8 Å². The molecule has 1 aromatic carbocycles. The lowest BCUT2D eigenvalue weighted by Gasteiger charge is -2.26.